The Balaban J connectivity index is 1.46. The van der Waals surface area contributed by atoms with E-state index in [1.54, 1.807) is 18.2 Å². The van der Waals surface area contributed by atoms with Crippen molar-refractivity contribution in [1.82, 2.24) is 15.3 Å². The van der Waals surface area contributed by atoms with Gasteiger partial charge < -0.3 is 15.6 Å². The van der Waals surface area contributed by atoms with Gasteiger partial charge in [-0.2, -0.15) is 0 Å². The van der Waals surface area contributed by atoms with Crippen LogP contribution in [0.15, 0.2) is 48.5 Å². The van der Waals surface area contributed by atoms with Crippen LogP contribution in [0, 0.1) is 10.1 Å². The number of aromatic amines is 1. The number of anilines is 1. The lowest BCUT2D eigenvalue weighted by Crippen LogP contribution is -2.27. The first kappa shape index (κ1) is 18.4. The summed E-state index contributed by atoms with van der Waals surface area (Å²) in [6.07, 6.45) is 0.878. The molecule has 1 heterocycles. The molecule has 0 saturated heterocycles. The van der Waals surface area contributed by atoms with Crippen LogP contribution in [0.2, 0.25) is 0 Å². The summed E-state index contributed by atoms with van der Waals surface area (Å²) in [6.45, 7) is 2.35. The molecule has 27 heavy (non-hydrogen) atoms. The number of benzene rings is 2. The van der Waals surface area contributed by atoms with Gasteiger partial charge in [-0.1, -0.05) is 24.3 Å². The van der Waals surface area contributed by atoms with Gasteiger partial charge in [-0.25, -0.2) is 4.98 Å². The summed E-state index contributed by atoms with van der Waals surface area (Å²) in [5.74, 6) is 0.620. The van der Waals surface area contributed by atoms with Crippen molar-refractivity contribution in [3.63, 3.8) is 0 Å². The maximum absolute atomic E-state index is 12.1. The molecule has 140 valence electrons. The summed E-state index contributed by atoms with van der Waals surface area (Å²) < 4.78 is 0. The molecule has 8 heteroatoms. The Morgan fingerprint density at radius 3 is 2.74 bits per heavy atom. The minimum atomic E-state index is -0.427. The Hall–Kier alpha value is -3.42. The molecule has 0 aliphatic heterocycles. The lowest BCUT2D eigenvalue weighted by molar-refractivity contribution is -0.384. The van der Waals surface area contributed by atoms with Crippen LogP contribution in [-0.4, -0.2) is 27.3 Å². The van der Waals surface area contributed by atoms with Gasteiger partial charge in [0.1, 0.15) is 11.5 Å². The first-order valence-corrected chi connectivity index (χ1v) is 8.76. The van der Waals surface area contributed by atoms with Gasteiger partial charge in [0.05, 0.1) is 22.0 Å². The molecule has 0 radical (unpaired) electrons. The van der Waals surface area contributed by atoms with Gasteiger partial charge in [-0.05, 0) is 31.5 Å². The van der Waals surface area contributed by atoms with E-state index in [0.29, 0.717) is 30.9 Å². The number of carbonyl (C=O) groups excluding carboxylic acids is 1. The van der Waals surface area contributed by atoms with Crippen LogP contribution < -0.4 is 10.6 Å². The minimum absolute atomic E-state index is 0.0282. The molecule has 2 aromatic carbocycles. The van der Waals surface area contributed by atoms with E-state index >= 15 is 0 Å². The number of para-hydroxylation sites is 4. The highest BCUT2D eigenvalue weighted by molar-refractivity contribution is 5.77. The summed E-state index contributed by atoms with van der Waals surface area (Å²) in [5, 5.41) is 16.9. The number of rotatable bonds is 8. The molecule has 3 aromatic rings. The van der Waals surface area contributed by atoms with Gasteiger partial charge in [0.25, 0.3) is 5.69 Å². The Morgan fingerprint density at radius 1 is 1.22 bits per heavy atom. The van der Waals surface area contributed by atoms with Crippen molar-refractivity contribution >= 4 is 28.3 Å². The average Bonchev–Trinajstić information content (AvgIpc) is 3.10. The quantitative estimate of drug-likeness (QED) is 0.320. The van der Waals surface area contributed by atoms with Gasteiger partial charge in [0, 0.05) is 19.0 Å². The number of nitro benzene ring substituents is 1. The van der Waals surface area contributed by atoms with Crippen LogP contribution in [0.4, 0.5) is 11.4 Å². The van der Waals surface area contributed by atoms with Crippen molar-refractivity contribution in [2.75, 3.05) is 11.9 Å². The van der Waals surface area contributed by atoms with Crippen molar-refractivity contribution < 1.29 is 9.72 Å². The monoisotopic (exact) mass is 367 g/mol. The number of nitro groups is 1. The highest BCUT2D eigenvalue weighted by Gasteiger charge is 2.14. The van der Waals surface area contributed by atoms with Crippen molar-refractivity contribution in [3.05, 3.63) is 64.5 Å². The van der Waals surface area contributed by atoms with Crippen LogP contribution in [0.25, 0.3) is 11.0 Å². The fourth-order valence-corrected chi connectivity index (χ4v) is 2.81. The number of amides is 1. The number of hydrogen-bond donors (Lipinski definition) is 3. The van der Waals surface area contributed by atoms with Crippen molar-refractivity contribution in [1.29, 1.82) is 0 Å². The van der Waals surface area contributed by atoms with Gasteiger partial charge in [0.15, 0.2) is 0 Å². The molecule has 0 aliphatic rings. The Bertz CT molecular complexity index is 920. The summed E-state index contributed by atoms with van der Waals surface area (Å²) in [5.41, 5.74) is 2.28. The number of carbonyl (C=O) groups is 1. The predicted molar refractivity (Wildman–Crippen MR) is 103 cm³/mol. The molecule has 8 nitrogen and oxygen atoms in total. The lowest BCUT2D eigenvalue weighted by atomic mass is 10.2. The number of aromatic nitrogens is 2. The van der Waals surface area contributed by atoms with Crippen LogP contribution in [0.5, 0.6) is 0 Å². The zero-order chi connectivity index (χ0) is 19.2. The summed E-state index contributed by atoms with van der Waals surface area (Å²) in [6, 6.07) is 13.9. The molecule has 3 rings (SSSR count). The van der Waals surface area contributed by atoms with Crippen LogP contribution in [0.1, 0.15) is 31.6 Å². The SMILES string of the molecule is C[C@@H](NC(=O)CCCNc1ccccc1[N+](=O)[O-])c1nc2ccccc2[nH]1. The molecule has 0 fully saturated rings. The third kappa shape index (κ3) is 4.60. The van der Waals surface area contributed by atoms with Crippen molar-refractivity contribution in [3.8, 4) is 0 Å². The zero-order valence-corrected chi connectivity index (χ0v) is 14.9. The van der Waals surface area contributed by atoms with Gasteiger partial charge in [0.2, 0.25) is 5.91 Å². The largest absolute Gasteiger partial charge is 0.379 e. The molecule has 3 N–H and O–H groups in total. The smallest absolute Gasteiger partial charge is 0.292 e. The number of nitrogens with zero attached hydrogens (tertiary/aromatic N) is 2. The minimum Gasteiger partial charge on any atom is -0.379 e. The molecule has 0 unspecified atom stereocenters. The molecule has 1 aromatic heterocycles. The van der Waals surface area contributed by atoms with E-state index in [1.807, 2.05) is 31.2 Å². The molecule has 1 atom stereocenters. The van der Waals surface area contributed by atoms with Gasteiger partial charge >= 0.3 is 0 Å². The van der Waals surface area contributed by atoms with Crippen LogP contribution in [0.3, 0.4) is 0 Å². The van der Waals surface area contributed by atoms with E-state index in [0.717, 1.165) is 11.0 Å². The molecule has 0 aliphatic carbocycles. The van der Waals surface area contributed by atoms with E-state index in [-0.39, 0.29) is 17.6 Å². The first-order chi connectivity index (χ1) is 13.0. The maximum Gasteiger partial charge on any atom is 0.292 e. The summed E-state index contributed by atoms with van der Waals surface area (Å²) >= 11 is 0. The second kappa shape index (κ2) is 8.31. The fraction of sp³-hybridized carbons (Fsp3) is 0.263. The Labute approximate surface area is 156 Å². The Morgan fingerprint density at radius 2 is 1.96 bits per heavy atom. The van der Waals surface area contributed by atoms with E-state index in [9.17, 15) is 14.9 Å². The highest BCUT2D eigenvalue weighted by atomic mass is 16.6. The van der Waals surface area contributed by atoms with E-state index in [2.05, 4.69) is 20.6 Å². The molecule has 0 spiro atoms. The topological polar surface area (TPSA) is 113 Å². The molecule has 0 saturated carbocycles. The number of fused-ring (bicyclic) bond motifs is 1. The van der Waals surface area contributed by atoms with Gasteiger partial charge in [-0.15, -0.1) is 0 Å². The molecule has 1 amide bonds. The van der Waals surface area contributed by atoms with Crippen LogP contribution in [-0.2, 0) is 4.79 Å². The van der Waals surface area contributed by atoms with Gasteiger partial charge in [-0.3, -0.25) is 14.9 Å². The number of H-pyrrole nitrogens is 1. The molecule has 0 bridgehead atoms. The average molecular weight is 367 g/mol. The molecular weight excluding hydrogens is 346 g/mol. The summed E-state index contributed by atoms with van der Waals surface area (Å²) in [7, 11) is 0. The number of imidazole rings is 1. The zero-order valence-electron chi connectivity index (χ0n) is 14.9. The number of nitrogens with one attached hydrogen (secondary N) is 3. The lowest BCUT2D eigenvalue weighted by Gasteiger charge is -2.12. The third-order valence-corrected chi connectivity index (χ3v) is 4.19. The highest BCUT2D eigenvalue weighted by Crippen LogP contribution is 2.23. The number of hydrogen-bond acceptors (Lipinski definition) is 5. The summed E-state index contributed by atoms with van der Waals surface area (Å²) in [4.78, 5) is 30.4. The molecular formula is C19H21N5O3. The van der Waals surface area contributed by atoms with E-state index in [4.69, 9.17) is 0 Å². The second-order valence-corrected chi connectivity index (χ2v) is 6.23. The van der Waals surface area contributed by atoms with Crippen molar-refractivity contribution in [2.45, 2.75) is 25.8 Å². The first-order valence-electron chi connectivity index (χ1n) is 8.76. The van der Waals surface area contributed by atoms with E-state index < -0.39 is 4.92 Å². The predicted octanol–water partition coefficient (Wildman–Crippen LogP) is 3.54. The van der Waals surface area contributed by atoms with Crippen LogP contribution >= 0.6 is 0 Å². The third-order valence-electron chi connectivity index (χ3n) is 4.19. The fourth-order valence-electron chi connectivity index (χ4n) is 2.81. The normalized spacial score (nSPS) is 11.9. The Kier molecular flexibility index (Phi) is 5.65. The van der Waals surface area contributed by atoms with E-state index in [1.165, 1.54) is 6.07 Å². The van der Waals surface area contributed by atoms with Crippen molar-refractivity contribution in [2.24, 2.45) is 0 Å². The maximum atomic E-state index is 12.1. The second-order valence-electron chi connectivity index (χ2n) is 6.23. The standard InChI is InChI=1S/C19H21N5O3/c1-13(19-22-14-7-2-3-8-15(14)23-19)21-18(25)11-6-12-20-16-9-4-5-10-17(16)24(26)27/h2-5,7-10,13,20H,6,11-12H2,1H3,(H,21,25)(H,22,23)/t13-/m1/s1.